The molecule has 1 aliphatic carbocycles. The molecule has 0 spiro atoms. The molecule has 1 aliphatic rings. The summed E-state index contributed by atoms with van der Waals surface area (Å²) < 4.78 is 1.41. The Kier molecular flexibility index (Phi) is 4.04. The molecule has 3 rings (SSSR count). The molecular weight excluding hydrogens is 306 g/mol. The number of nitrogens with zero attached hydrogens (tertiary/aromatic N) is 2. The summed E-state index contributed by atoms with van der Waals surface area (Å²) in [4.78, 5) is 23.8. The maximum absolute atomic E-state index is 12.6. The van der Waals surface area contributed by atoms with Gasteiger partial charge in [-0.05, 0) is 31.0 Å². The van der Waals surface area contributed by atoms with Crippen molar-refractivity contribution in [1.82, 2.24) is 9.78 Å². The predicted octanol–water partition coefficient (Wildman–Crippen LogP) is 2.78. The van der Waals surface area contributed by atoms with Crippen LogP contribution in [0, 0.1) is 12.8 Å². The number of aryl methyl sites for hydroxylation is 1. The first-order valence-corrected chi connectivity index (χ1v) is 7.54. The van der Waals surface area contributed by atoms with Crippen LogP contribution in [0.3, 0.4) is 0 Å². The lowest BCUT2D eigenvalue weighted by Crippen LogP contribution is -2.15. The number of rotatable bonds is 4. The first-order chi connectivity index (χ1) is 11.5. The molecule has 3 N–H and O–H groups in total. The Morgan fingerprint density at radius 3 is 2.79 bits per heavy atom. The van der Waals surface area contributed by atoms with Gasteiger partial charge in [-0.15, -0.1) is 0 Å². The molecule has 0 aliphatic heterocycles. The van der Waals surface area contributed by atoms with E-state index in [0.29, 0.717) is 17.7 Å². The Hall–Kier alpha value is -3.15. The lowest BCUT2D eigenvalue weighted by atomic mass is 9.93. The minimum Gasteiger partial charge on any atom is -0.478 e. The highest BCUT2D eigenvalue weighted by atomic mass is 16.4. The van der Waals surface area contributed by atoms with E-state index in [0.717, 1.165) is 5.56 Å². The van der Waals surface area contributed by atoms with E-state index >= 15 is 0 Å². The summed E-state index contributed by atoms with van der Waals surface area (Å²) in [5, 5.41) is 13.3. The van der Waals surface area contributed by atoms with Crippen LogP contribution in [0.1, 0.15) is 32.7 Å². The number of ketones is 1. The number of nitrogen functional groups attached to an aromatic ring is 1. The van der Waals surface area contributed by atoms with E-state index in [1.807, 2.05) is 31.2 Å². The molecule has 24 heavy (non-hydrogen) atoms. The third-order valence-electron chi connectivity index (χ3n) is 4.07. The number of Topliss-reactive ketones (excluding diaryl/α,β-unsaturated/α-hetero) is 1. The highest BCUT2D eigenvalue weighted by Gasteiger charge is 2.23. The molecule has 2 aromatic rings. The van der Waals surface area contributed by atoms with Gasteiger partial charge in [0.15, 0.2) is 5.78 Å². The van der Waals surface area contributed by atoms with Gasteiger partial charge in [-0.2, -0.15) is 5.10 Å². The summed E-state index contributed by atoms with van der Waals surface area (Å²) in [6.07, 6.45) is 9.59. The molecule has 0 bridgehead atoms. The summed E-state index contributed by atoms with van der Waals surface area (Å²) in [6.45, 7) is 1.83. The highest BCUT2D eigenvalue weighted by Crippen LogP contribution is 2.25. The van der Waals surface area contributed by atoms with Crippen molar-refractivity contribution in [1.29, 1.82) is 0 Å². The van der Waals surface area contributed by atoms with Crippen molar-refractivity contribution in [3.63, 3.8) is 0 Å². The Balaban J connectivity index is 2.00. The number of benzene rings is 1. The number of hydrogen-bond donors (Lipinski definition) is 2. The molecule has 1 heterocycles. The van der Waals surface area contributed by atoms with Gasteiger partial charge in [-0.1, -0.05) is 30.4 Å². The summed E-state index contributed by atoms with van der Waals surface area (Å²) in [5.74, 6) is -1.15. The summed E-state index contributed by atoms with van der Waals surface area (Å²) in [6, 6.07) is 4.71. The number of carbonyl (C=O) groups excluding carboxylic acids is 1. The molecule has 6 heteroatoms. The lowest BCUT2D eigenvalue weighted by molar-refractivity contribution is 0.0696. The topological polar surface area (TPSA) is 98.2 Å². The van der Waals surface area contributed by atoms with Gasteiger partial charge in [-0.25, -0.2) is 9.48 Å². The van der Waals surface area contributed by atoms with Crippen LogP contribution in [-0.4, -0.2) is 26.6 Å². The van der Waals surface area contributed by atoms with Crippen LogP contribution in [-0.2, 0) is 0 Å². The molecule has 0 fully saturated rings. The number of aromatic nitrogens is 2. The van der Waals surface area contributed by atoms with Crippen LogP contribution in [0.4, 0.5) is 5.82 Å². The monoisotopic (exact) mass is 323 g/mol. The number of hydrogen-bond acceptors (Lipinski definition) is 4. The first-order valence-electron chi connectivity index (χ1n) is 7.54. The van der Waals surface area contributed by atoms with Crippen LogP contribution in [0.5, 0.6) is 0 Å². The van der Waals surface area contributed by atoms with E-state index in [9.17, 15) is 9.59 Å². The Morgan fingerprint density at radius 1 is 1.33 bits per heavy atom. The van der Waals surface area contributed by atoms with Gasteiger partial charge in [0.1, 0.15) is 5.82 Å². The van der Waals surface area contributed by atoms with Crippen molar-refractivity contribution in [2.45, 2.75) is 13.3 Å². The summed E-state index contributed by atoms with van der Waals surface area (Å²) in [7, 11) is 0. The summed E-state index contributed by atoms with van der Waals surface area (Å²) >= 11 is 0. The maximum Gasteiger partial charge on any atom is 0.335 e. The Labute approximate surface area is 138 Å². The average molecular weight is 323 g/mol. The second kappa shape index (κ2) is 6.16. The average Bonchev–Trinajstić information content (AvgIpc) is 2.96. The van der Waals surface area contributed by atoms with E-state index in [4.69, 9.17) is 10.8 Å². The SMILES string of the molecule is Cc1ccc(C(=O)O)cc1-n1ncc(C(=O)C2C=CC=CC2)c1N. The molecule has 122 valence electrons. The van der Waals surface area contributed by atoms with Crippen molar-refractivity contribution >= 4 is 17.6 Å². The molecule has 1 unspecified atom stereocenters. The fourth-order valence-corrected chi connectivity index (χ4v) is 2.69. The Bertz CT molecular complexity index is 878. The molecule has 1 aromatic carbocycles. The van der Waals surface area contributed by atoms with Gasteiger partial charge in [0.2, 0.25) is 0 Å². The highest BCUT2D eigenvalue weighted by molar-refractivity contribution is 6.03. The Morgan fingerprint density at radius 2 is 2.12 bits per heavy atom. The van der Waals surface area contributed by atoms with Crippen molar-refractivity contribution in [3.8, 4) is 5.69 Å². The molecule has 1 aromatic heterocycles. The number of aromatic carboxylic acids is 1. The van der Waals surface area contributed by atoms with Crippen molar-refractivity contribution in [2.24, 2.45) is 5.92 Å². The van der Waals surface area contributed by atoms with Crippen molar-refractivity contribution in [3.05, 3.63) is 65.4 Å². The number of carbonyl (C=O) groups is 2. The quantitative estimate of drug-likeness (QED) is 0.843. The van der Waals surface area contributed by atoms with Crippen LogP contribution >= 0.6 is 0 Å². The zero-order valence-electron chi connectivity index (χ0n) is 13.1. The van der Waals surface area contributed by atoms with Gasteiger partial charge in [0.05, 0.1) is 23.0 Å². The van der Waals surface area contributed by atoms with Crippen molar-refractivity contribution in [2.75, 3.05) is 5.73 Å². The van der Waals surface area contributed by atoms with E-state index in [1.54, 1.807) is 6.07 Å². The van der Waals surface area contributed by atoms with E-state index < -0.39 is 5.97 Å². The molecule has 6 nitrogen and oxygen atoms in total. The molecule has 0 radical (unpaired) electrons. The van der Waals surface area contributed by atoms with Gasteiger partial charge in [0.25, 0.3) is 0 Å². The van der Waals surface area contributed by atoms with E-state index in [2.05, 4.69) is 5.10 Å². The van der Waals surface area contributed by atoms with Crippen molar-refractivity contribution < 1.29 is 14.7 Å². The molecule has 0 saturated carbocycles. The maximum atomic E-state index is 12.6. The van der Waals surface area contributed by atoms with Crippen LogP contribution in [0.2, 0.25) is 0 Å². The predicted molar refractivity (Wildman–Crippen MR) is 90.4 cm³/mol. The van der Waals surface area contributed by atoms with Crippen LogP contribution < -0.4 is 5.73 Å². The van der Waals surface area contributed by atoms with Gasteiger partial charge < -0.3 is 10.8 Å². The van der Waals surface area contributed by atoms with E-state index in [-0.39, 0.29) is 23.1 Å². The smallest absolute Gasteiger partial charge is 0.335 e. The fourth-order valence-electron chi connectivity index (χ4n) is 2.69. The fraction of sp³-hybridized carbons (Fsp3) is 0.167. The van der Waals surface area contributed by atoms with Gasteiger partial charge in [-0.3, -0.25) is 4.79 Å². The minimum atomic E-state index is -1.03. The van der Waals surface area contributed by atoms with Gasteiger partial charge in [0, 0.05) is 5.92 Å². The number of carboxylic acid groups (broad SMARTS) is 1. The van der Waals surface area contributed by atoms with E-state index in [1.165, 1.54) is 23.0 Å². The zero-order valence-corrected chi connectivity index (χ0v) is 13.1. The lowest BCUT2D eigenvalue weighted by Gasteiger charge is -2.12. The van der Waals surface area contributed by atoms with Gasteiger partial charge >= 0.3 is 5.97 Å². The standard InChI is InChI=1S/C18H17N3O3/c1-11-7-8-13(18(23)24)9-15(11)21-17(19)14(10-20-21)16(22)12-5-3-2-4-6-12/h2-5,7-10,12H,6,19H2,1H3,(H,23,24). The second-order valence-corrected chi connectivity index (χ2v) is 5.68. The third kappa shape index (κ3) is 2.74. The normalized spacial score (nSPS) is 16.3. The molecular formula is C18H17N3O3. The van der Waals surface area contributed by atoms with Crippen LogP contribution in [0.15, 0.2) is 48.7 Å². The second-order valence-electron chi connectivity index (χ2n) is 5.68. The number of carboxylic acids is 1. The number of allylic oxidation sites excluding steroid dienone is 4. The summed E-state index contributed by atoms with van der Waals surface area (Å²) in [5.41, 5.74) is 7.97. The first kappa shape index (κ1) is 15.7. The third-order valence-corrected chi connectivity index (χ3v) is 4.07. The zero-order chi connectivity index (χ0) is 17.3. The number of anilines is 1. The largest absolute Gasteiger partial charge is 0.478 e. The minimum absolute atomic E-state index is 0.0913. The molecule has 0 saturated heterocycles. The van der Waals surface area contributed by atoms with Crippen LogP contribution in [0.25, 0.3) is 5.69 Å². The molecule has 0 amide bonds. The molecule has 1 atom stereocenters. The number of nitrogens with two attached hydrogens (primary N) is 1.